The first-order valence-electron chi connectivity index (χ1n) is 6.95. The van der Waals surface area contributed by atoms with Crippen molar-refractivity contribution in [3.63, 3.8) is 0 Å². The molecule has 0 aliphatic carbocycles. The first-order valence-corrected chi connectivity index (χ1v) is 7.93. The molecule has 6 heteroatoms. The zero-order valence-electron chi connectivity index (χ0n) is 12.1. The van der Waals surface area contributed by atoms with Gasteiger partial charge in [-0.15, -0.1) is 11.8 Å². The Hall–Kier alpha value is -0.560. The van der Waals surface area contributed by atoms with Gasteiger partial charge >= 0.3 is 0 Å². The van der Waals surface area contributed by atoms with Gasteiger partial charge in [0.2, 0.25) is 0 Å². The van der Waals surface area contributed by atoms with Crippen LogP contribution in [0.3, 0.4) is 0 Å². The van der Waals surface area contributed by atoms with Gasteiger partial charge in [0.1, 0.15) is 5.79 Å². The van der Waals surface area contributed by atoms with Gasteiger partial charge in [0, 0.05) is 37.0 Å². The number of nitrogens with zero attached hydrogens (tertiary/aromatic N) is 2. The molecule has 0 radical (unpaired) electrons. The van der Waals surface area contributed by atoms with Crippen LogP contribution in [-0.2, 0) is 0 Å². The number of thioether (sulfide) groups is 1. The van der Waals surface area contributed by atoms with E-state index in [1.54, 1.807) is 0 Å². The summed E-state index contributed by atoms with van der Waals surface area (Å²) in [6.45, 7) is 10.2. The first-order chi connectivity index (χ1) is 9.11. The Balaban J connectivity index is 1.78. The van der Waals surface area contributed by atoms with E-state index >= 15 is 0 Å². The Kier molecular flexibility index (Phi) is 5.27. The zero-order valence-corrected chi connectivity index (χ0v) is 12.9. The van der Waals surface area contributed by atoms with E-state index in [0.29, 0.717) is 6.04 Å². The van der Waals surface area contributed by atoms with E-state index in [4.69, 9.17) is 0 Å². The van der Waals surface area contributed by atoms with Gasteiger partial charge in [-0.25, -0.2) is 0 Å². The molecule has 0 saturated heterocycles. The normalized spacial score (nSPS) is 31.9. The maximum atomic E-state index is 4.38. The molecule has 0 fully saturated rings. The van der Waals surface area contributed by atoms with Crippen molar-refractivity contribution in [1.29, 1.82) is 0 Å². The van der Waals surface area contributed by atoms with Gasteiger partial charge < -0.3 is 5.32 Å². The maximum absolute atomic E-state index is 4.38. The molecule has 0 spiro atoms. The summed E-state index contributed by atoms with van der Waals surface area (Å²) in [7, 11) is 0. The first kappa shape index (κ1) is 14.8. The highest BCUT2D eigenvalue weighted by Gasteiger charge is 2.26. The van der Waals surface area contributed by atoms with Crippen molar-refractivity contribution >= 4 is 18.0 Å². The second-order valence-corrected chi connectivity index (χ2v) is 6.61. The van der Waals surface area contributed by atoms with E-state index in [1.165, 1.54) is 4.91 Å². The van der Waals surface area contributed by atoms with Gasteiger partial charge in [-0.1, -0.05) is 6.92 Å². The van der Waals surface area contributed by atoms with Gasteiger partial charge in [-0.3, -0.25) is 20.5 Å². The summed E-state index contributed by atoms with van der Waals surface area (Å²) in [5.74, 6) is 0.889. The van der Waals surface area contributed by atoms with E-state index in [2.05, 4.69) is 52.8 Å². The van der Waals surface area contributed by atoms with Gasteiger partial charge in [0.05, 0.1) is 12.7 Å². The summed E-state index contributed by atoms with van der Waals surface area (Å²) in [4.78, 5) is 8.11. The van der Waals surface area contributed by atoms with Crippen LogP contribution in [0.15, 0.2) is 16.1 Å². The number of hydrogen-bond donors (Lipinski definition) is 3. The third-order valence-electron chi connectivity index (χ3n) is 3.35. The Labute approximate surface area is 120 Å². The third-order valence-corrected chi connectivity index (χ3v) is 4.27. The minimum absolute atomic E-state index is 0.227. The van der Waals surface area contributed by atoms with Crippen molar-refractivity contribution in [3.8, 4) is 0 Å². The minimum Gasteiger partial charge on any atom is -0.361 e. The monoisotopic (exact) mass is 283 g/mol. The highest BCUT2D eigenvalue weighted by molar-refractivity contribution is 8.03. The van der Waals surface area contributed by atoms with Crippen LogP contribution in [-0.4, -0.2) is 55.0 Å². The van der Waals surface area contributed by atoms with Crippen molar-refractivity contribution < 1.29 is 0 Å². The summed E-state index contributed by atoms with van der Waals surface area (Å²) in [5, 5.41) is 10.5. The molecule has 0 saturated carbocycles. The summed E-state index contributed by atoms with van der Waals surface area (Å²) in [6.07, 6.45) is 4.13. The van der Waals surface area contributed by atoms with E-state index in [9.17, 15) is 0 Å². The number of aliphatic imine (C=N–C) groups is 1. The fourth-order valence-electron chi connectivity index (χ4n) is 2.22. The molecule has 2 heterocycles. The summed E-state index contributed by atoms with van der Waals surface area (Å²) >= 11 is 1.88. The molecule has 2 atom stereocenters. The van der Waals surface area contributed by atoms with Crippen molar-refractivity contribution in [2.75, 3.05) is 32.1 Å². The fraction of sp³-hybridized carbons (Fsp3) is 0.769. The smallest absolute Gasteiger partial charge is 0.141 e. The molecular formula is C13H25N5S. The molecule has 2 aliphatic heterocycles. The lowest BCUT2D eigenvalue weighted by atomic mass is 10.3. The topological polar surface area (TPSA) is 51.7 Å². The number of rotatable bonds is 5. The maximum Gasteiger partial charge on any atom is 0.141 e. The van der Waals surface area contributed by atoms with E-state index in [1.807, 2.05) is 18.0 Å². The quantitative estimate of drug-likeness (QED) is 0.696. The minimum atomic E-state index is -0.227. The second-order valence-electron chi connectivity index (χ2n) is 5.22. The lowest BCUT2D eigenvalue weighted by Gasteiger charge is -2.38. The van der Waals surface area contributed by atoms with Crippen LogP contribution in [0.5, 0.6) is 0 Å². The molecule has 108 valence electrons. The van der Waals surface area contributed by atoms with E-state index in [-0.39, 0.29) is 5.79 Å². The molecule has 2 aliphatic rings. The van der Waals surface area contributed by atoms with Crippen LogP contribution in [0.2, 0.25) is 0 Å². The highest BCUT2D eigenvalue weighted by Crippen LogP contribution is 2.17. The molecule has 2 rings (SSSR count). The van der Waals surface area contributed by atoms with Crippen molar-refractivity contribution in [1.82, 2.24) is 20.9 Å². The molecule has 0 bridgehead atoms. The molecule has 5 nitrogen and oxygen atoms in total. The number of hydrogen-bond acceptors (Lipinski definition) is 6. The predicted molar refractivity (Wildman–Crippen MR) is 83.3 cm³/mol. The Morgan fingerprint density at radius 2 is 2.47 bits per heavy atom. The molecule has 0 aromatic rings. The van der Waals surface area contributed by atoms with E-state index < -0.39 is 0 Å². The Morgan fingerprint density at radius 3 is 3.11 bits per heavy atom. The van der Waals surface area contributed by atoms with Crippen molar-refractivity contribution in [3.05, 3.63) is 11.1 Å². The Morgan fingerprint density at radius 1 is 1.63 bits per heavy atom. The lowest BCUT2D eigenvalue weighted by Crippen LogP contribution is -2.66. The second kappa shape index (κ2) is 6.74. The number of nitrogens with one attached hydrogen (secondary N) is 3. The van der Waals surface area contributed by atoms with Crippen molar-refractivity contribution in [2.45, 2.75) is 32.6 Å². The molecule has 0 amide bonds. The van der Waals surface area contributed by atoms with Gasteiger partial charge in [-0.05, 0) is 19.6 Å². The molecule has 0 aromatic heterocycles. The van der Waals surface area contributed by atoms with Gasteiger partial charge in [-0.2, -0.15) is 0 Å². The van der Waals surface area contributed by atoms with Gasteiger partial charge in [0.15, 0.2) is 0 Å². The van der Waals surface area contributed by atoms with Crippen LogP contribution in [0, 0.1) is 0 Å². The van der Waals surface area contributed by atoms with Crippen molar-refractivity contribution in [2.24, 2.45) is 4.99 Å². The fourth-order valence-corrected chi connectivity index (χ4v) is 2.91. The molecular weight excluding hydrogens is 258 g/mol. The molecule has 1 unspecified atom stereocenters. The predicted octanol–water partition coefficient (Wildman–Crippen LogP) is 0.769. The standard InChI is InChI=1S/C13H25N5S/c1-4-19-12-7-15-13(3,16-8-12)17-10-18-6-5-14-11(2)9-18/h5,7,11,15-17H,4,6,8-10H2,1-3H3/t11?,13-/m1/s1. The SMILES string of the molecule is CCSC1=CN[C@@](C)(NCN2CC=NC(C)C2)NC1. The summed E-state index contributed by atoms with van der Waals surface area (Å²) in [5.41, 5.74) is 0. The Bertz CT molecular complexity index is 357. The summed E-state index contributed by atoms with van der Waals surface area (Å²) < 4.78 is 0. The molecule has 19 heavy (non-hydrogen) atoms. The van der Waals surface area contributed by atoms with Crippen LogP contribution in [0.4, 0.5) is 0 Å². The largest absolute Gasteiger partial charge is 0.361 e. The van der Waals surface area contributed by atoms with Crippen LogP contribution < -0.4 is 16.0 Å². The molecule has 0 aromatic carbocycles. The zero-order chi connectivity index (χ0) is 13.7. The average Bonchev–Trinajstić information content (AvgIpc) is 2.40. The summed E-state index contributed by atoms with van der Waals surface area (Å²) in [6, 6.07) is 0.406. The third kappa shape index (κ3) is 4.49. The van der Waals surface area contributed by atoms with Crippen LogP contribution in [0.25, 0.3) is 0 Å². The average molecular weight is 283 g/mol. The van der Waals surface area contributed by atoms with Gasteiger partial charge in [0.25, 0.3) is 0 Å². The lowest BCUT2D eigenvalue weighted by molar-refractivity contribution is 0.175. The molecule has 3 N–H and O–H groups in total. The highest BCUT2D eigenvalue weighted by atomic mass is 32.2. The van der Waals surface area contributed by atoms with E-state index in [0.717, 1.165) is 32.1 Å². The van der Waals surface area contributed by atoms with Crippen LogP contribution in [0.1, 0.15) is 20.8 Å². The van der Waals surface area contributed by atoms with Crippen LogP contribution >= 0.6 is 11.8 Å².